The van der Waals surface area contributed by atoms with Crippen molar-refractivity contribution in [1.29, 1.82) is 0 Å². The predicted molar refractivity (Wildman–Crippen MR) is 46.7 cm³/mol. The zero-order valence-corrected chi connectivity index (χ0v) is 7.07. The summed E-state index contributed by atoms with van der Waals surface area (Å²) in [5.41, 5.74) is 5.89. The molecule has 0 saturated heterocycles. The third-order valence-corrected chi connectivity index (χ3v) is 1.82. The molecule has 1 aromatic rings. The highest BCUT2D eigenvalue weighted by Gasteiger charge is 2.10. The predicted octanol–water partition coefficient (Wildman–Crippen LogP) is 0.913. The van der Waals surface area contributed by atoms with E-state index in [-0.39, 0.29) is 12.4 Å². The van der Waals surface area contributed by atoms with Gasteiger partial charge >= 0.3 is 0 Å². The fourth-order valence-electron chi connectivity index (χ4n) is 1.11. The number of nitrogens with two attached hydrogens (primary N) is 1. The first-order valence-corrected chi connectivity index (χ1v) is 4.00. The molecule has 0 bridgehead atoms. The molecule has 4 heteroatoms. The number of benzene rings is 1. The summed E-state index contributed by atoms with van der Waals surface area (Å²) < 4.78 is 13.1. The van der Waals surface area contributed by atoms with Gasteiger partial charge in [-0.1, -0.05) is 6.07 Å². The topological polar surface area (TPSA) is 66.5 Å². The Labute approximate surface area is 75.6 Å². The monoisotopic (exact) mass is 185 g/mol. The van der Waals surface area contributed by atoms with Crippen LogP contribution in [0, 0.1) is 5.82 Å². The highest BCUT2D eigenvalue weighted by atomic mass is 19.1. The average Bonchev–Trinajstić information content (AvgIpc) is 2.04. The third-order valence-electron chi connectivity index (χ3n) is 1.82. The van der Waals surface area contributed by atoms with Gasteiger partial charge in [0.1, 0.15) is 11.6 Å². The van der Waals surface area contributed by atoms with E-state index in [0.29, 0.717) is 12.0 Å². The second kappa shape index (κ2) is 4.20. The Morgan fingerprint density at radius 3 is 2.69 bits per heavy atom. The van der Waals surface area contributed by atoms with Crippen LogP contribution in [0.2, 0.25) is 0 Å². The number of aliphatic hydroxyl groups excluding tert-OH is 1. The van der Waals surface area contributed by atoms with E-state index in [4.69, 9.17) is 15.9 Å². The van der Waals surface area contributed by atoms with E-state index in [9.17, 15) is 4.39 Å². The molecule has 1 aromatic carbocycles. The number of rotatable bonds is 3. The highest BCUT2D eigenvalue weighted by molar-refractivity contribution is 5.29. The normalized spacial score (nSPS) is 12.8. The number of halogens is 1. The van der Waals surface area contributed by atoms with Crippen LogP contribution in [0.4, 0.5) is 4.39 Å². The maximum Gasteiger partial charge on any atom is 0.131 e. The summed E-state index contributed by atoms with van der Waals surface area (Å²) in [5, 5.41) is 17.5. The van der Waals surface area contributed by atoms with Gasteiger partial charge in [-0.15, -0.1) is 0 Å². The summed E-state index contributed by atoms with van der Waals surface area (Å²) in [6.07, 6.45) is 0.307. The summed E-state index contributed by atoms with van der Waals surface area (Å²) in [4.78, 5) is 0. The Bertz CT molecular complexity index is 291. The molecule has 0 aliphatic carbocycles. The van der Waals surface area contributed by atoms with Gasteiger partial charge in [0.25, 0.3) is 0 Å². The minimum Gasteiger partial charge on any atom is -0.508 e. The molecule has 1 rings (SSSR count). The van der Waals surface area contributed by atoms with Crippen LogP contribution < -0.4 is 5.73 Å². The van der Waals surface area contributed by atoms with Gasteiger partial charge in [0.2, 0.25) is 0 Å². The van der Waals surface area contributed by atoms with Crippen LogP contribution in [-0.2, 0) is 0 Å². The molecule has 0 heterocycles. The molecule has 1 atom stereocenters. The molecule has 0 fully saturated rings. The smallest absolute Gasteiger partial charge is 0.131 e. The fraction of sp³-hybridized carbons (Fsp3) is 0.333. The molecule has 0 radical (unpaired) electrons. The molecule has 0 aromatic heterocycles. The molecular weight excluding hydrogens is 173 g/mol. The third kappa shape index (κ3) is 2.40. The van der Waals surface area contributed by atoms with Gasteiger partial charge < -0.3 is 15.9 Å². The zero-order chi connectivity index (χ0) is 9.84. The zero-order valence-electron chi connectivity index (χ0n) is 7.07. The van der Waals surface area contributed by atoms with Gasteiger partial charge in [0, 0.05) is 24.3 Å². The molecule has 0 unspecified atom stereocenters. The summed E-state index contributed by atoms with van der Waals surface area (Å²) in [6.45, 7) is -0.0819. The number of aromatic hydroxyl groups is 1. The van der Waals surface area contributed by atoms with Crippen molar-refractivity contribution in [2.45, 2.75) is 12.5 Å². The van der Waals surface area contributed by atoms with Gasteiger partial charge in [-0.3, -0.25) is 0 Å². The first kappa shape index (κ1) is 9.95. The van der Waals surface area contributed by atoms with Gasteiger partial charge in [-0.05, 0) is 12.5 Å². The molecule has 4 N–H and O–H groups in total. The van der Waals surface area contributed by atoms with E-state index < -0.39 is 11.9 Å². The second-order valence-electron chi connectivity index (χ2n) is 2.82. The van der Waals surface area contributed by atoms with Crippen molar-refractivity contribution in [2.75, 3.05) is 6.61 Å². The largest absolute Gasteiger partial charge is 0.508 e. The lowest BCUT2D eigenvalue weighted by Crippen LogP contribution is -2.13. The van der Waals surface area contributed by atoms with Crippen LogP contribution in [0.15, 0.2) is 18.2 Å². The fourth-order valence-corrected chi connectivity index (χ4v) is 1.11. The molecule has 0 amide bonds. The Hall–Kier alpha value is -1.13. The van der Waals surface area contributed by atoms with E-state index in [1.165, 1.54) is 12.1 Å². The maximum atomic E-state index is 13.1. The molecule has 0 aliphatic heterocycles. The molecule has 0 saturated carbocycles. The molecule has 0 aliphatic rings. The van der Waals surface area contributed by atoms with Crippen LogP contribution in [0.25, 0.3) is 0 Å². The van der Waals surface area contributed by atoms with Crippen LogP contribution in [0.5, 0.6) is 5.75 Å². The first-order chi connectivity index (χ1) is 6.15. The Morgan fingerprint density at radius 2 is 2.15 bits per heavy atom. The van der Waals surface area contributed by atoms with Crippen molar-refractivity contribution in [3.63, 3.8) is 0 Å². The Kier molecular flexibility index (Phi) is 3.22. The summed E-state index contributed by atoms with van der Waals surface area (Å²) in [6, 6.07) is 3.28. The Morgan fingerprint density at radius 1 is 1.46 bits per heavy atom. The van der Waals surface area contributed by atoms with Gasteiger partial charge in [-0.2, -0.15) is 0 Å². The number of hydrogen-bond acceptors (Lipinski definition) is 3. The van der Waals surface area contributed by atoms with Crippen molar-refractivity contribution in [3.05, 3.63) is 29.6 Å². The SMILES string of the molecule is N[C@@H](CCO)c1ccc(O)cc1F. The first-order valence-electron chi connectivity index (χ1n) is 4.00. The molecule has 72 valence electrons. The van der Waals surface area contributed by atoms with Crippen LogP contribution in [0.1, 0.15) is 18.0 Å². The summed E-state index contributed by atoms with van der Waals surface area (Å²) in [7, 11) is 0. The van der Waals surface area contributed by atoms with Crippen LogP contribution in [-0.4, -0.2) is 16.8 Å². The number of aliphatic hydroxyl groups is 1. The van der Waals surface area contributed by atoms with E-state index in [0.717, 1.165) is 6.07 Å². The van der Waals surface area contributed by atoms with Crippen LogP contribution in [0.3, 0.4) is 0 Å². The quantitative estimate of drug-likeness (QED) is 0.655. The van der Waals surface area contributed by atoms with Gasteiger partial charge in [0.05, 0.1) is 0 Å². The van der Waals surface area contributed by atoms with Crippen molar-refractivity contribution < 1.29 is 14.6 Å². The average molecular weight is 185 g/mol. The molecule has 13 heavy (non-hydrogen) atoms. The highest BCUT2D eigenvalue weighted by Crippen LogP contribution is 2.21. The lowest BCUT2D eigenvalue weighted by molar-refractivity contribution is 0.275. The minimum absolute atomic E-state index is 0.0819. The van der Waals surface area contributed by atoms with Crippen molar-refractivity contribution in [2.24, 2.45) is 5.73 Å². The van der Waals surface area contributed by atoms with E-state index in [1.807, 2.05) is 0 Å². The second-order valence-corrected chi connectivity index (χ2v) is 2.82. The lowest BCUT2D eigenvalue weighted by atomic mass is 10.0. The minimum atomic E-state index is -0.541. The van der Waals surface area contributed by atoms with Crippen molar-refractivity contribution in [1.82, 2.24) is 0 Å². The van der Waals surface area contributed by atoms with Crippen molar-refractivity contribution >= 4 is 0 Å². The summed E-state index contributed by atoms with van der Waals surface area (Å²) >= 11 is 0. The van der Waals surface area contributed by atoms with E-state index in [1.54, 1.807) is 0 Å². The number of hydrogen-bond donors (Lipinski definition) is 3. The van der Waals surface area contributed by atoms with Crippen LogP contribution >= 0.6 is 0 Å². The lowest BCUT2D eigenvalue weighted by Gasteiger charge is -2.11. The molecule has 0 spiro atoms. The van der Waals surface area contributed by atoms with E-state index in [2.05, 4.69) is 0 Å². The number of phenolic OH excluding ortho intramolecular Hbond substituents is 1. The van der Waals surface area contributed by atoms with Gasteiger partial charge in [0.15, 0.2) is 0 Å². The molecule has 3 nitrogen and oxygen atoms in total. The van der Waals surface area contributed by atoms with Crippen molar-refractivity contribution in [3.8, 4) is 5.75 Å². The molecular formula is C9H12FNO2. The maximum absolute atomic E-state index is 13.1. The standard InChI is InChI=1S/C9H12FNO2/c10-8-5-6(13)1-2-7(8)9(11)3-4-12/h1-2,5,9,12-13H,3-4,11H2/t9-/m0/s1. The summed E-state index contributed by atoms with van der Waals surface area (Å²) in [5.74, 6) is -0.668. The van der Waals surface area contributed by atoms with E-state index >= 15 is 0 Å². The van der Waals surface area contributed by atoms with Gasteiger partial charge in [-0.25, -0.2) is 4.39 Å². The Balaban J connectivity index is 2.88. The number of phenols is 1.